The summed E-state index contributed by atoms with van der Waals surface area (Å²) < 4.78 is 0. The van der Waals surface area contributed by atoms with E-state index in [1.807, 2.05) is 18.2 Å². The highest BCUT2D eigenvalue weighted by Crippen LogP contribution is 1.73. The average molecular weight is 195 g/mol. The van der Waals surface area contributed by atoms with Crippen molar-refractivity contribution >= 4 is 11.9 Å². The molecule has 0 aliphatic rings. The molecule has 5 heteroatoms. The summed E-state index contributed by atoms with van der Waals surface area (Å²) in [5.74, 6) is -2.51. The number of hydrogen-bond donors (Lipinski definition) is 2. The first kappa shape index (κ1) is 11.8. The van der Waals surface area contributed by atoms with Crippen LogP contribution in [0.2, 0.25) is 0 Å². The van der Waals surface area contributed by atoms with Gasteiger partial charge in [-0.05, 0) is 12.1 Å². The molecular weight excluding hydrogens is 186 g/mol. The van der Waals surface area contributed by atoms with E-state index < -0.39 is 11.9 Å². The number of nitrogens with zero attached hydrogens (tertiary/aromatic N) is 1. The van der Waals surface area contributed by atoms with Crippen molar-refractivity contribution in [2.75, 3.05) is 0 Å². The number of rotatable bonds is 2. The molecule has 14 heavy (non-hydrogen) atoms. The fourth-order valence-corrected chi connectivity index (χ4v) is 0.455. The van der Waals surface area contributed by atoms with Crippen LogP contribution in [0.4, 0.5) is 0 Å². The Balaban J connectivity index is 0.000000249. The van der Waals surface area contributed by atoms with Gasteiger partial charge in [0.25, 0.3) is 0 Å². The Bertz CT molecular complexity index is 265. The van der Waals surface area contributed by atoms with E-state index in [9.17, 15) is 9.59 Å². The van der Waals surface area contributed by atoms with Crippen LogP contribution in [0.25, 0.3) is 0 Å². The monoisotopic (exact) mass is 195 g/mol. The molecule has 1 aromatic heterocycles. The molecule has 0 saturated carbocycles. The van der Waals surface area contributed by atoms with Crippen LogP contribution in [0, 0.1) is 0 Å². The fourth-order valence-electron chi connectivity index (χ4n) is 0.455. The summed E-state index contributed by atoms with van der Waals surface area (Å²) in [5, 5.41) is 15.6. The third-order valence-corrected chi connectivity index (χ3v) is 0.935. The largest absolute Gasteiger partial charge is 0.478 e. The van der Waals surface area contributed by atoms with Crippen LogP contribution in [-0.2, 0) is 9.59 Å². The van der Waals surface area contributed by atoms with Gasteiger partial charge < -0.3 is 10.2 Å². The molecule has 0 bridgehead atoms. The van der Waals surface area contributed by atoms with E-state index in [-0.39, 0.29) is 0 Å². The molecule has 5 nitrogen and oxygen atoms in total. The van der Waals surface area contributed by atoms with Crippen LogP contribution in [0.5, 0.6) is 0 Å². The zero-order valence-corrected chi connectivity index (χ0v) is 7.20. The first-order chi connectivity index (χ1) is 6.63. The average Bonchev–Trinajstić information content (AvgIpc) is 2.18. The van der Waals surface area contributed by atoms with Crippen molar-refractivity contribution in [2.45, 2.75) is 0 Å². The van der Waals surface area contributed by atoms with Gasteiger partial charge in [-0.15, -0.1) is 0 Å². The van der Waals surface area contributed by atoms with Gasteiger partial charge in [-0.2, -0.15) is 0 Å². The summed E-state index contributed by atoms with van der Waals surface area (Å²) in [5.41, 5.74) is 0. The van der Waals surface area contributed by atoms with Gasteiger partial charge in [0.15, 0.2) is 0 Å². The molecule has 1 heterocycles. The molecule has 2 N–H and O–H groups in total. The molecule has 1 rings (SSSR count). The molecule has 0 fully saturated rings. The third-order valence-electron chi connectivity index (χ3n) is 0.935. The van der Waals surface area contributed by atoms with Crippen molar-refractivity contribution in [1.82, 2.24) is 4.98 Å². The Morgan fingerprint density at radius 2 is 1.36 bits per heavy atom. The predicted molar refractivity (Wildman–Crippen MR) is 48.6 cm³/mol. The molecular formula is C9H9NO4. The summed E-state index contributed by atoms with van der Waals surface area (Å²) in [4.78, 5) is 22.9. The summed E-state index contributed by atoms with van der Waals surface area (Å²) >= 11 is 0. The molecule has 0 aliphatic heterocycles. The molecule has 0 unspecified atom stereocenters. The SMILES string of the molecule is O=C(O)/C=C/C(=O)O.c1ccncc1. The standard InChI is InChI=1S/C5H5N.C4H4O4/c1-2-4-6-5-3-1;5-3(6)1-2-4(7)8/h1-5H;1-2H,(H,5,6)(H,7,8)/b;2-1+. The molecule has 0 spiro atoms. The predicted octanol–water partition coefficient (Wildman–Crippen LogP) is 0.793. The number of aliphatic carboxylic acids is 2. The van der Waals surface area contributed by atoms with E-state index in [0.717, 1.165) is 0 Å². The molecule has 0 aromatic carbocycles. The molecule has 0 amide bonds. The van der Waals surface area contributed by atoms with Gasteiger partial charge in [0.05, 0.1) is 0 Å². The molecule has 74 valence electrons. The van der Waals surface area contributed by atoms with Gasteiger partial charge in [-0.25, -0.2) is 9.59 Å². The van der Waals surface area contributed by atoms with Crippen molar-refractivity contribution in [2.24, 2.45) is 0 Å². The zero-order chi connectivity index (χ0) is 10.8. The second-order valence-electron chi connectivity index (χ2n) is 2.03. The molecule has 1 aromatic rings. The van der Waals surface area contributed by atoms with Gasteiger partial charge in [0, 0.05) is 24.5 Å². The van der Waals surface area contributed by atoms with Crippen LogP contribution in [-0.4, -0.2) is 27.1 Å². The van der Waals surface area contributed by atoms with Gasteiger partial charge in [0.2, 0.25) is 0 Å². The highest BCUT2D eigenvalue weighted by molar-refractivity contribution is 5.89. The lowest BCUT2D eigenvalue weighted by molar-refractivity contribution is -0.134. The summed E-state index contributed by atoms with van der Waals surface area (Å²) in [6, 6.07) is 5.72. The Hall–Kier alpha value is -2.17. The maximum absolute atomic E-state index is 9.55. The van der Waals surface area contributed by atoms with E-state index in [1.54, 1.807) is 12.4 Å². The van der Waals surface area contributed by atoms with E-state index >= 15 is 0 Å². The minimum Gasteiger partial charge on any atom is -0.478 e. The van der Waals surface area contributed by atoms with Crippen molar-refractivity contribution in [1.29, 1.82) is 0 Å². The minimum absolute atomic E-state index is 0.558. The maximum atomic E-state index is 9.55. The molecule has 0 atom stereocenters. The molecule has 0 radical (unpaired) electrons. The number of pyridine rings is 1. The minimum atomic E-state index is -1.26. The van der Waals surface area contributed by atoms with Crippen molar-refractivity contribution in [3.8, 4) is 0 Å². The van der Waals surface area contributed by atoms with Gasteiger partial charge in [-0.3, -0.25) is 4.98 Å². The highest BCUT2D eigenvalue weighted by atomic mass is 16.4. The van der Waals surface area contributed by atoms with E-state index in [1.165, 1.54) is 0 Å². The first-order valence-corrected chi connectivity index (χ1v) is 3.62. The second kappa shape index (κ2) is 7.48. The molecule has 0 saturated heterocycles. The second-order valence-corrected chi connectivity index (χ2v) is 2.03. The number of carboxylic acids is 2. The lowest BCUT2D eigenvalue weighted by atomic mass is 10.5. The highest BCUT2D eigenvalue weighted by Gasteiger charge is 1.88. The smallest absolute Gasteiger partial charge is 0.328 e. The lowest BCUT2D eigenvalue weighted by Gasteiger charge is -1.74. The van der Waals surface area contributed by atoms with E-state index in [4.69, 9.17) is 10.2 Å². The van der Waals surface area contributed by atoms with Crippen molar-refractivity contribution in [3.63, 3.8) is 0 Å². The van der Waals surface area contributed by atoms with E-state index in [0.29, 0.717) is 12.2 Å². The lowest BCUT2D eigenvalue weighted by Crippen LogP contribution is -1.91. The number of hydrogen-bond acceptors (Lipinski definition) is 3. The van der Waals surface area contributed by atoms with Gasteiger partial charge in [0.1, 0.15) is 0 Å². The summed E-state index contributed by atoms with van der Waals surface area (Å²) in [6.07, 6.45) is 4.62. The van der Waals surface area contributed by atoms with Gasteiger partial charge >= 0.3 is 11.9 Å². The Kier molecular flexibility index (Phi) is 6.32. The summed E-state index contributed by atoms with van der Waals surface area (Å²) in [6.45, 7) is 0. The van der Waals surface area contributed by atoms with Crippen LogP contribution < -0.4 is 0 Å². The number of carboxylic acid groups (broad SMARTS) is 2. The quantitative estimate of drug-likeness (QED) is 0.681. The fraction of sp³-hybridized carbons (Fsp3) is 0. The van der Waals surface area contributed by atoms with Crippen LogP contribution in [0.1, 0.15) is 0 Å². The maximum Gasteiger partial charge on any atom is 0.328 e. The Labute approximate surface area is 80.3 Å². The topological polar surface area (TPSA) is 87.5 Å². The normalized spacial score (nSPS) is 8.86. The van der Waals surface area contributed by atoms with Crippen LogP contribution in [0.15, 0.2) is 42.7 Å². The number of carbonyl (C=O) groups is 2. The third kappa shape index (κ3) is 9.83. The first-order valence-electron chi connectivity index (χ1n) is 3.62. The van der Waals surface area contributed by atoms with E-state index in [2.05, 4.69) is 4.98 Å². The Morgan fingerprint density at radius 1 is 0.929 bits per heavy atom. The Morgan fingerprint density at radius 3 is 1.50 bits per heavy atom. The van der Waals surface area contributed by atoms with Crippen LogP contribution >= 0.6 is 0 Å². The zero-order valence-electron chi connectivity index (χ0n) is 7.20. The summed E-state index contributed by atoms with van der Waals surface area (Å²) in [7, 11) is 0. The van der Waals surface area contributed by atoms with Crippen molar-refractivity contribution in [3.05, 3.63) is 42.7 Å². The number of aromatic nitrogens is 1. The van der Waals surface area contributed by atoms with Crippen molar-refractivity contribution < 1.29 is 19.8 Å². The van der Waals surface area contributed by atoms with Gasteiger partial charge in [-0.1, -0.05) is 6.07 Å². The van der Waals surface area contributed by atoms with Crippen LogP contribution in [0.3, 0.4) is 0 Å². The molecule has 0 aliphatic carbocycles.